The number of pyridine rings is 1. The Morgan fingerprint density at radius 1 is 1.52 bits per heavy atom. The molecule has 1 amide bonds. The topological polar surface area (TPSA) is 112 Å². The standard InChI is InChI=1S/C18H27ClN4O5S/c1-12(2)7-8-22(4)29(26,27)23-10-14(11-24)28-15-5-6-16(21-18(15)23)20-17(25)9-13(3)19/h5-6,12,14,24H,3,7-11H2,1-2,4H3,(H,20,21,25)/t14-/m1/s1. The van der Waals surface area contributed by atoms with Crippen LogP contribution in [0.2, 0.25) is 0 Å². The van der Waals surface area contributed by atoms with E-state index in [9.17, 15) is 18.3 Å². The Bertz CT molecular complexity index is 862. The van der Waals surface area contributed by atoms with Gasteiger partial charge in [0.15, 0.2) is 11.6 Å². The van der Waals surface area contributed by atoms with Crippen molar-refractivity contribution in [1.82, 2.24) is 9.29 Å². The maximum Gasteiger partial charge on any atom is 0.305 e. The summed E-state index contributed by atoms with van der Waals surface area (Å²) in [6.07, 6.45) is -0.122. The van der Waals surface area contributed by atoms with Crippen molar-refractivity contribution in [1.29, 1.82) is 0 Å². The molecule has 2 rings (SSSR count). The number of aliphatic hydroxyl groups is 1. The van der Waals surface area contributed by atoms with E-state index in [1.54, 1.807) is 0 Å². The average molecular weight is 447 g/mol. The van der Waals surface area contributed by atoms with Crippen molar-refractivity contribution in [2.45, 2.75) is 32.8 Å². The molecule has 162 valence electrons. The Morgan fingerprint density at radius 3 is 2.79 bits per heavy atom. The monoisotopic (exact) mass is 446 g/mol. The van der Waals surface area contributed by atoms with Crippen molar-refractivity contribution in [2.24, 2.45) is 5.92 Å². The minimum Gasteiger partial charge on any atom is -0.482 e. The first-order valence-electron chi connectivity index (χ1n) is 9.20. The number of nitrogens with zero attached hydrogens (tertiary/aromatic N) is 3. The molecule has 0 spiro atoms. The van der Waals surface area contributed by atoms with Gasteiger partial charge in [0.25, 0.3) is 0 Å². The zero-order valence-corrected chi connectivity index (χ0v) is 18.3. The van der Waals surface area contributed by atoms with Gasteiger partial charge in [-0.05, 0) is 24.5 Å². The summed E-state index contributed by atoms with van der Waals surface area (Å²) < 4.78 is 34.3. The van der Waals surface area contributed by atoms with E-state index < -0.39 is 22.2 Å². The lowest BCUT2D eigenvalue weighted by molar-refractivity contribution is -0.115. The van der Waals surface area contributed by atoms with Gasteiger partial charge in [-0.15, -0.1) is 0 Å². The number of hydrogen-bond donors (Lipinski definition) is 2. The zero-order valence-electron chi connectivity index (χ0n) is 16.8. The maximum atomic E-state index is 13.2. The van der Waals surface area contributed by atoms with Crippen LogP contribution in [0.25, 0.3) is 0 Å². The Morgan fingerprint density at radius 2 is 2.21 bits per heavy atom. The summed E-state index contributed by atoms with van der Waals surface area (Å²) in [7, 11) is -2.41. The number of fused-ring (bicyclic) bond motifs is 1. The number of ether oxygens (including phenoxy) is 1. The molecule has 0 fully saturated rings. The summed E-state index contributed by atoms with van der Waals surface area (Å²) in [5.74, 6) is 0.324. The number of anilines is 2. The first-order chi connectivity index (χ1) is 13.5. The lowest BCUT2D eigenvalue weighted by Crippen LogP contribution is -2.50. The molecule has 9 nitrogen and oxygen atoms in total. The van der Waals surface area contributed by atoms with Gasteiger partial charge in [0, 0.05) is 18.6 Å². The van der Waals surface area contributed by atoms with Crippen LogP contribution in [0.4, 0.5) is 11.6 Å². The lowest BCUT2D eigenvalue weighted by atomic mass is 10.1. The molecule has 11 heteroatoms. The smallest absolute Gasteiger partial charge is 0.305 e. The van der Waals surface area contributed by atoms with Crippen LogP contribution >= 0.6 is 11.6 Å². The zero-order chi connectivity index (χ0) is 21.8. The summed E-state index contributed by atoms with van der Waals surface area (Å²) in [5, 5.41) is 12.2. The Hall–Kier alpha value is -1.88. The number of hydrogen-bond acceptors (Lipinski definition) is 6. The quantitative estimate of drug-likeness (QED) is 0.599. The van der Waals surface area contributed by atoms with Gasteiger partial charge in [-0.25, -0.2) is 9.29 Å². The van der Waals surface area contributed by atoms with Crippen LogP contribution in [0.15, 0.2) is 23.7 Å². The van der Waals surface area contributed by atoms with Crippen LogP contribution < -0.4 is 14.4 Å². The van der Waals surface area contributed by atoms with Gasteiger partial charge in [-0.3, -0.25) is 4.79 Å². The first-order valence-corrected chi connectivity index (χ1v) is 11.0. The highest BCUT2D eigenvalue weighted by atomic mass is 35.5. The van der Waals surface area contributed by atoms with Crippen molar-refractivity contribution < 1.29 is 23.1 Å². The fraction of sp³-hybridized carbons (Fsp3) is 0.556. The molecule has 1 aromatic rings. The fourth-order valence-electron chi connectivity index (χ4n) is 2.65. The number of aliphatic hydroxyl groups excluding tert-OH is 1. The molecule has 2 N–H and O–H groups in total. The Balaban J connectivity index is 2.35. The van der Waals surface area contributed by atoms with E-state index in [0.717, 1.165) is 4.31 Å². The van der Waals surface area contributed by atoms with Gasteiger partial charge >= 0.3 is 10.2 Å². The third kappa shape index (κ3) is 6.05. The van der Waals surface area contributed by atoms with E-state index in [0.29, 0.717) is 18.9 Å². The average Bonchev–Trinajstić information content (AvgIpc) is 2.64. The normalized spacial score (nSPS) is 16.5. The van der Waals surface area contributed by atoms with Crippen molar-refractivity contribution in [3.63, 3.8) is 0 Å². The highest BCUT2D eigenvalue weighted by Crippen LogP contribution is 2.35. The van der Waals surface area contributed by atoms with Crippen LogP contribution in [0.3, 0.4) is 0 Å². The van der Waals surface area contributed by atoms with Gasteiger partial charge in [-0.1, -0.05) is 32.0 Å². The van der Waals surface area contributed by atoms with E-state index in [1.807, 2.05) is 13.8 Å². The minimum atomic E-state index is -3.91. The molecule has 0 aromatic carbocycles. The van der Waals surface area contributed by atoms with E-state index in [4.69, 9.17) is 16.3 Å². The van der Waals surface area contributed by atoms with Crippen LogP contribution in [0, 0.1) is 5.92 Å². The second kappa shape index (κ2) is 9.75. The first kappa shape index (κ1) is 23.4. The van der Waals surface area contributed by atoms with Gasteiger partial charge in [0.2, 0.25) is 5.91 Å². The largest absolute Gasteiger partial charge is 0.482 e. The highest BCUT2D eigenvalue weighted by Gasteiger charge is 2.37. The molecule has 0 saturated heterocycles. The van der Waals surface area contributed by atoms with Gasteiger partial charge < -0.3 is 15.2 Å². The number of carbonyl (C=O) groups excluding carboxylic acids is 1. The summed E-state index contributed by atoms with van der Waals surface area (Å²) in [6, 6.07) is 2.99. The van der Waals surface area contributed by atoms with Crippen LogP contribution in [0.1, 0.15) is 26.7 Å². The van der Waals surface area contributed by atoms with Crippen molar-refractivity contribution in [3.05, 3.63) is 23.7 Å². The second-order valence-corrected chi connectivity index (χ2v) is 9.72. The van der Waals surface area contributed by atoms with E-state index in [1.165, 1.54) is 23.5 Å². The molecule has 1 aliphatic rings. The second-order valence-electron chi connectivity index (χ2n) is 7.23. The molecule has 0 aliphatic carbocycles. The van der Waals surface area contributed by atoms with Gasteiger partial charge in [0.1, 0.15) is 11.9 Å². The van der Waals surface area contributed by atoms with E-state index in [-0.39, 0.29) is 42.0 Å². The molecule has 2 heterocycles. The summed E-state index contributed by atoms with van der Waals surface area (Å²) in [6.45, 7) is 7.38. The molecule has 1 aliphatic heterocycles. The predicted molar refractivity (Wildman–Crippen MR) is 112 cm³/mol. The Labute approximate surface area is 176 Å². The summed E-state index contributed by atoms with van der Waals surface area (Å²) in [5.41, 5.74) is 0. The van der Waals surface area contributed by atoms with Crippen molar-refractivity contribution in [2.75, 3.05) is 36.4 Å². The summed E-state index contributed by atoms with van der Waals surface area (Å²) >= 11 is 5.64. The van der Waals surface area contributed by atoms with Crippen molar-refractivity contribution in [3.8, 4) is 5.75 Å². The van der Waals surface area contributed by atoms with Gasteiger partial charge in [0.05, 0.1) is 19.6 Å². The molecule has 0 saturated carbocycles. The molecular formula is C18H27ClN4O5S. The van der Waals surface area contributed by atoms with Crippen LogP contribution in [-0.4, -0.2) is 61.6 Å². The lowest BCUT2D eigenvalue weighted by Gasteiger charge is -2.36. The molecule has 1 atom stereocenters. The molecule has 0 bridgehead atoms. The molecule has 1 aromatic heterocycles. The van der Waals surface area contributed by atoms with E-state index in [2.05, 4.69) is 16.9 Å². The van der Waals surface area contributed by atoms with Crippen LogP contribution in [-0.2, 0) is 15.0 Å². The number of rotatable bonds is 9. The predicted octanol–water partition coefficient (Wildman–Crippen LogP) is 1.95. The van der Waals surface area contributed by atoms with Crippen LogP contribution in [0.5, 0.6) is 5.75 Å². The summed E-state index contributed by atoms with van der Waals surface area (Å²) in [4.78, 5) is 16.2. The number of halogens is 1. The highest BCUT2D eigenvalue weighted by molar-refractivity contribution is 7.90. The number of nitrogens with one attached hydrogen (secondary N) is 1. The molecular weight excluding hydrogens is 420 g/mol. The SMILES string of the molecule is C=C(Cl)CC(=O)Nc1ccc2c(n1)N(S(=O)(=O)N(C)CCC(C)C)C[C@H](CO)O2. The van der Waals surface area contributed by atoms with Gasteiger partial charge in [-0.2, -0.15) is 12.7 Å². The molecule has 0 radical (unpaired) electrons. The Kier molecular flexibility index (Phi) is 7.87. The number of aromatic nitrogens is 1. The van der Waals surface area contributed by atoms with Crippen molar-refractivity contribution >= 4 is 39.4 Å². The van der Waals surface area contributed by atoms with E-state index >= 15 is 0 Å². The third-order valence-electron chi connectivity index (χ3n) is 4.26. The minimum absolute atomic E-state index is 0.0496. The molecule has 0 unspecified atom stereocenters. The number of carbonyl (C=O) groups is 1. The fourth-order valence-corrected chi connectivity index (χ4v) is 4.15. The number of amides is 1. The third-order valence-corrected chi connectivity index (χ3v) is 6.24. The molecule has 29 heavy (non-hydrogen) atoms. The maximum absolute atomic E-state index is 13.2.